The third kappa shape index (κ3) is 4.23. The van der Waals surface area contributed by atoms with Gasteiger partial charge in [0.25, 0.3) is 0 Å². The summed E-state index contributed by atoms with van der Waals surface area (Å²) in [6.07, 6.45) is 0.190. The average Bonchev–Trinajstić information content (AvgIpc) is 2.37. The lowest BCUT2D eigenvalue weighted by molar-refractivity contribution is 0.0228. The Morgan fingerprint density at radius 2 is 2.18 bits per heavy atom. The Labute approximate surface area is 102 Å². The molecule has 1 rings (SSSR count). The van der Waals surface area contributed by atoms with Crippen molar-refractivity contribution in [3.05, 3.63) is 0 Å². The zero-order valence-corrected chi connectivity index (χ0v) is 10.6. The molecule has 0 spiro atoms. The first-order chi connectivity index (χ1) is 7.83. The number of aliphatic hydroxyl groups excluding tert-OH is 1. The molecule has 0 aromatic rings. The molecule has 0 radical (unpaired) electrons. The van der Waals surface area contributed by atoms with Gasteiger partial charge in [-0.3, -0.25) is 0 Å². The fourth-order valence-corrected chi connectivity index (χ4v) is 1.76. The summed E-state index contributed by atoms with van der Waals surface area (Å²) in [7, 11) is 0. The van der Waals surface area contributed by atoms with E-state index in [-0.39, 0.29) is 6.54 Å². The number of hydrogen-bond acceptors (Lipinski definition) is 4. The number of aliphatic hydroxyl groups is 1. The van der Waals surface area contributed by atoms with Gasteiger partial charge in [-0.05, 0) is 33.6 Å². The van der Waals surface area contributed by atoms with Crippen LogP contribution in [0.25, 0.3) is 0 Å². The van der Waals surface area contributed by atoms with Crippen LogP contribution in [-0.4, -0.2) is 40.9 Å². The van der Waals surface area contributed by atoms with E-state index in [9.17, 15) is 9.90 Å². The van der Waals surface area contributed by atoms with Crippen LogP contribution in [0.3, 0.4) is 0 Å². The van der Waals surface area contributed by atoms with E-state index in [1.807, 2.05) is 6.07 Å². The second kappa shape index (κ2) is 5.37. The molecule has 5 nitrogen and oxygen atoms in total. The zero-order chi connectivity index (χ0) is 13.1. The number of rotatable bonds is 0. The van der Waals surface area contributed by atoms with E-state index < -0.39 is 23.7 Å². The number of carbonyl (C=O) groups is 1. The first-order valence-corrected chi connectivity index (χ1v) is 5.89. The minimum atomic E-state index is -0.646. The topological polar surface area (TPSA) is 73.6 Å². The molecule has 0 saturated carbocycles. The number of nitrogens with zero attached hydrogens (tertiary/aromatic N) is 2. The Bertz CT molecular complexity index is 317. The van der Waals surface area contributed by atoms with E-state index in [1.165, 1.54) is 4.90 Å². The van der Waals surface area contributed by atoms with Gasteiger partial charge in [-0.1, -0.05) is 0 Å². The molecule has 0 aromatic heterocycles. The summed E-state index contributed by atoms with van der Waals surface area (Å²) in [5, 5.41) is 18.6. The molecule has 0 unspecified atom stereocenters. The van der Waals surface area contributed by atoms with Crippen LogP contribution in [0, 0.1) is 17.2 Å². The maximum Gasteiger partial charge on any atom is 0.410 e. The van der Waals surface area contributed by atoms with Crippen molar-refractivity contribution in [2.75, 3.05) is 13.1 Å². The van der Waals surface area contributed by atoms with Crippen molar-refractivity contribution in [3.63, 3.8) is 0 Å². The van der Waals surface area contributed by atoms with Crippen molar-refractivity contribution in [3.8, 4) is 6.07 Å². The van der Waals surface area contributed by atoms with Crippen LogP contribution in [-0.2, 0) is 4.74 Å². The summed E-state index contributed by atoms with van der Waals surface area (Å²) >= 11 is 0. The predicted molar refractivity (Wildman–Crippen MR) is 62.2 cm³/mol. The van der Waals surface area contributed by atoms with Gasteiger partial charge < -0.3 is 14.7 Å². The van der Waals surface area contributed by atoms with E-state index >= 15 is 0 Å². The standard InChI is InChI=1S/C12H20N2O3/c1-12(2,3)17-11(16)14-6-4-5-10(15)9(7-13)8-14/h9-10,15H,4-6,8H2,1-3H3/t9-,10-/m1/s1. The highest BCUT2D eigenvalue weighted by Gasteiger charge is 2.30. The molecule has 1 fully saturated rings. The van der Waals surface area contributed by atoms with Gasteiger partial charge >= 0.3 is 6.09 Å². The number of hydrogen-bond donors (Lipinski definition) is 1. The third-order valence-electron chi connectivity index (χ3n) is 2.63. The second-order valence-corrected chi connectivity index (χ2v) is 5.37. The molecule has 1 N–H and O–H groups in total. The SMILES string of the molecule is CC(C)(C)OC(=O)N1CCC[C@@H](O)[C@H](C#N)C1. The molecule has 1 aliphatic heterocycles. The molecule has 96 valence electrons. The van der Waals surface area contributed by atoms with Crippen LogP contribution in [0.5, 0.6) is 0 Å². The lowest BCUT2D eigenvalue weighted by atomic mass is 10.0. The Morgan fingerprint density at radius 3 is 2.71 bits per heavy atom. The van der Waals surface area contributed by atoms with E-state index in [0.29, 0.717) is 19.4 Å². The van der Waals surface area contributed by atoms with Crippen molar-refractivity contribution in [2.24, 2.45) is 5.92 Å². The zero-order valence-electron chi connectivity index (χ0n) is 10.6. The first-order valence-electron chi connectivity index (χ1n) is 5.89. The summed E-state index contributed by atoms with van der Waals surface area (Å²) in [5.41, 5.74) is -0.538. The Morgan fingerprint density at radius 1 is 1.53 bits per heavy atom. The molecule has 0 aliphatic carbocycles. The van der Waals surface area contributed by atoms with Gasteiger partial charge in [0, 0.05) is 13.1 Å². The molecule has 1 amide bonds. The highest BCUT2D eigenvalue weighted by Crippen LogP contribution is 2.19. The van der Waals surface area contributed by atoms with Gasteiger partial charge in [0.1, 0.15) is 5.60 Å². The molecule has 1 saturated heterocycles. The smallest absolute Gasteiger partial charge is 0.410 e. The number of amides is 1. The molecule has 0 bridgehead atoms. The number of nitriles is 1. The van der Waals surface area contributed by atoms with Gasteiger partial charge in [0.15, 0.2) is 0 Å². The molecule has 5 heteroatoms. The summed E-state index contributed by atoms with van der Waals surface area (Å²) in [6, 6.07) is 2.04. The van der Waals surface area contributed by atoms with E-state index in [4.69, 9.17) is 10.00 Å². The maximum atomic E-state index is 11.8. The van der Waals surface area contributed by atoms with E-state index in [0.717, 1.165) is 0 Å². The monoisotopic (exact) mass is 240 g/mol. The van der Waals surface area contributed by atoms with Gasteiger partial charge in [0.05, 0.1) is 18.1 Å². The third-order valence-corrected chi connectivity index (χ3v) is 2.63. The van der Waals surface area contributed by atoms with Crippen molar-refractivity contribution >= 4 is 6.09 Å². The van der Waals surface area contributed by atoms with E-state index in [2.05, 4.69) is 0 Å². The molecular weight excluding hydrogens is 220 g/mol. The molecule has 2 atom stereocenters. The summed E-state index contributed by atoms with van der Waals surface area (Å²) in [4.78, 5) is 13.4. The quantitative estimate of drug-likeness (QED) is 0.696. The molecule has 1 aliphatic rings. The minimum absolute atomic E-state index is 0.243. The van der Waals surface area contributed by atoms with E-state index in [1.54, 1.807) is 20.8 Å². The van der Waals surface area contributed by atoms with Crippen LogP contribution < -0.4 is 0 Å². The normalized spacial score (nSPS) is 25.9. The average molecular weight is 240 g/mol. The predicted octanol–water partition coefficient (Wildman–Crippen LogP) is 1.52. The Hall–Kier alpha value is -1.28. The summed E-state index contributed by atoms with van der Waals surface area (Å²) in [5.74, 6) is -0.523. The number of carbonyl (C=O) groups excluding carboxylic acids is 1. The van der Waals surface area contributed by atoms with Crippen molar-refractivity contribution in [1.29, 1.82) is 5.26 Å². The lowest BCUT2D eigenvalue weighted by Gasteiger charge is -2.27. The minimum Gasteiger partial charge on any atom is -0.444 e. The van der Waals surface area contributed by atoms with Crippen molar-refractivity contribution < 1.29 is 14.6 Å². The second-order valence-electron chi connectivity index (χ2n) is 5.37. The highest BCUT2D eigenvalue weighted by atomic mass is 16.6. The first kappa shape index (κ1) is 13.8. The summed E-state index contributed by atoms with van der Waals surface area (Å²) < 4.78 is 5.26. The highest BCUT2D eigenvalue weighted by molar-refractivity contribution is 5.68. The van der Waals surface area contributed by atoms with Crippen LogP contribution in [0.1, 0.15) is 33.6 Å². The summed E-state index contributed by atoms with van der Waals surface area (Å²) in [6.45, 7) is 6.19. The Kier molecular flexibility index (Phi) is 4.35. The fourth-order valence-electron chi connectivity index (χ4n) is 1.76. The van der Waals surface area contributed by atoms with Crippen LogP contribution in [0.2, 0.25) is 0 Å². The van der Waals surface area contributed by atoms with Gasteiger partial charge in [-0.25, -0.2) is 4.79 Å². The van der Waals surface area contributed by atoms with Crippen LogP contribution >= 0.6 is 0 Å². The van der Waals surface area contributed by atoms with Gasteiger partial charge in [-0.15, -0.1) is 0 Å². The largest absolute Gasteiger partial charge is 0.444 e. The van der Waals surface area contributed by atoms with Crippen LogP contribution in [0.4, 0.5) is 4.79 Å². The van der Waals surface area contributed by atoms with Crippen LogP contribution in [0.15, 0.2) is 0 Å². The maximum absolute atomic E-state index is 11.8. The number of ether oxygens (including phenoxy) is 1. The van der Waals surface area contributed by atoms with Gasteiger partial charge in [-0.2, -0.15) is 5.26 Å². The molecule has 0 aromatic carbocycles. The lowest BCUT2D eigenvalue weighted by Crippen LogP contribution is -2.40. The Balaban J connectivity index is 2.65. The van der Waals surface area contributed by atoms with Crippen molar-refractivity contribution in [2.45, 2.75) is 45.3 Å². The molecule has 17 heavy (non-hydrogen) atoms. The molecular formula is C12H20N2O3. The number of likely N-dealkylation sites (tertiary alicyclic amines) is 1. The molecule has 1 heterocycles. The fraction of sp³-hybridized carbons (Fsp3) is 0.833. The van der Waals surface area contributed by atoms with Crippen molar-refractivity contribution in [1.82, 2.24) is 4.90 Å². The van der Waals surface area contributed by atoms with Gasteiger partial charge in [0.2, 0.25) is 0 Å².